The van der Waals surface area contributed by atoms with Crippen molar-refractivity contribution in [2.24, 2.45) is 0 Å². The lowest BCUT2D eigenvalue weighted by Crippen LogP contribution is -2.25. The van der Waals surface area contributed by atoms with E-state index in [2.05, 4.69) is 4.98 Å². The minimum atomic E-state index is -1.11. The van der Waals surface area contributed by atoms with Crippen LogP contribution in [0.4, 0.5) is 0 Å². The van der Waals surface area contributed by atoms with Crippen molar-refractivity contribution in [2.75, 3.05) is 7.11 Å². The van der Waals surface area contributed by atoms with Gasteiger partial charge in [0.05, 0.1) is 0 Å². The van der Waals surface area contributed by atoms with E-state index in [9.17, 15) is 4.79 Å². The molecule has 1 rings (SSSR count). The molecule has 0 saturated carbocycles. The molecule has 1 unspecified atom stereocenters. The molecule has 78 valence electrons. The molecule has 1 heterocycles. The SMILES string of the molecule is CCC(C)(OC)c1ocnc1C(=O)O. The minimum Gasteiger partial charge on any atom is -0.476 e. The molecule has 0 aliphatic heterocycles. The highest BCUT2D eigenvalue weighted by molar-refractivity contribution is 5.86. The van der Waals surface area contributed by atoms with Crippen molar-refractivity contribution < 1.29 is 19.1 Å². The topological polar surface area (TPSA) is 72.6 Å². The summed E-state index contributed by atoms with van der Waals surface area (Å²) in [5, 5.41) is 8.83. The molecule has 1 aromatic heterocycles. The molecule has 0 aromatic carbocycles. The Morgan fingerprint density at radius 2 is 2.43 bits per heavy atom. The van der Waals surface area contributed by atoms with Crippen molar-refractivity contribution in [3.05, 3.63) is 17.8 Å². The first kappa shape index (κ1) is 10.7. The second-order valence-electron chi connectivity index (χ2n) is 3.12. The first-order valence-corrected chi connectivity index (χ1v) is 4.27. The van der Waals surface area contributed by atoms with Crippen molar-refractivity contribution >= 4 is 5.97 Å². The zero-order chi connectivity index (χ0) is 10.8. The highest BCUT2D eigenvalue weighted by atomic mass is 16.5. The van der Waals surface area contributed by atoms with E-state index in [0.29, 0.717) is 6.42 Å². The van der Waals surface area contributed by atoms with Crippen LogP contribution in [0.5, 0.6) is 0 Å². The molecule has 0 saturated heterocycles. The Kier molecular flexibility index (Phi) is 2.90. The molecule has 1 N–H and O–H groups in total. The zero-order valence-electron chi connectivity index (χ0n) is 8.40. The molecule has 0 spiro atoms. The van der Waals surface area contributed by atoms with Crippen LogP contribution in [0.15, 0.2) is 10.8 Å². The minimum absolute atomic E-state index is 0.0869. The lowest BCUT2D eigenvalue weighted by Gasteiger charge is -2.23. The number of aromatic carboxylic acids is 1. The molecule has 1 atom stereocenters. The van der Waals surface area contributed by atoms with Gasteiger partial charge in [0.1, 0.15) is 5.60 Å². The van der Waals surface area contributed by atoms with Gasteiger partial charge in [0.2, 0.25) is 0 Å². The fourth-order valence-corrected chi connectivity index (χ4v) is 1.17. The summed E-state index contributed by atoms with van der Waals surface area (Å²) in [6.07, 6.45) is 1.73. The van der Waals surface area contributed by atoms with E-state index in [-0.39, 0.29) is 11.5 Å². The number of carboxylic acid groups (broad SMARTS) is 1. The van der Waals surface area contributed by atoms with Gasteiger partial charge in [0.15, 0.2) is 17.8 Å². The predicted molar refractivity (Wildman–Crippen MR) is 48.1 cm³/mol. The summed E-state index contributed by atoms with van der Waals surface area (Å²) in [6, 6.07) is 0. The van der Waals surface area contributed by atoms with Crippen LogP contribution in [0.2, 0.25) is 0 Å². The number of nitrogens with zero attached hydrogens (tertiary/aromatic N) is 1. The Morgan fingerprint density at radius 3 is 2.86 bits per heavy atom. The third-order valence-electron chi connectivity index (χ3n) is 2.38. The van der Waals surface area contributed by atoms with Crippen LogP contribution in [0.1, 0.15) is 36.5 Å². The number of carbonyl (C=O) groups is 1. The second kappa shape index (κ2) is 3.79. The Hall–Kier alpha value is -1.36. The molecule has 0 aliphatic carbocycles. The van der Waals surface area contributed by atoms with Gasteiger partial charge in [-0.3, -0.25) is 0 Å². The summed E-state index contributed by atoms with van der Waals surface area (Å²) < 4.78 is 10.3. The summed E-state index contributed by atoms with van der Waals surface area (Å²) in [7, 11) is 1.51. The number of carboxylic acids is 1. The fraction of sp³-hybridized carbons (Fsp3) is 0.556. The monoisotopic (exact) mass is 199 g/mol. The second-order valence-corrected chi connectivity index (χ2v) is 3.12. The summed E-state index contributed by atoms with van der Waals surface area (Å²) in [4.78, 5) is 14.4. The number of oxazole rings is 1. The van der Waals surface area contributed by atoms with Crippen LogP contribution >= 0.6 is 0 Å². The number of hydrogen-bond donors (Lipinski definition) is 1. The van der Waals surface area contributed by atoms with E-state index in [4.69, 9.17) is 14.3 Å². The van der Waals surface area contributed by atoms with Crippen LogP contribution in [0.25, 0.3) is 0 Å². The predicted octanol–water partition coefficient (Wildman–Crippen LogP) is 1.64. The molecule has 0 aliphatic rings. The van der Waals surface area contributed by atoms with Crippen molar-refractivity contribution in [1.29, 1.82) is 0 Å². The Morgan fingerprint density at radius 1 is 1.79 bits per heavy atom. The lowest BCUT2D eigenvalue weighted by molar-refractivity contribution is -0.0201. The van der Waals surface area contributed by atoms with Gasteiger partial charge >= 0.3 is 5.97 Å². The first-order valence-electron chi connectivity index (χ1n) is 4.27. The van der Waals surface area contributed by atoms with Crippen molar-refractivity contribution in [2.45, 2.75) is 25.9 Å². The van der Waals surface area contributed by atoms with Crippen molar-refractivity contribution in [3.8, 4) is 0 Å². The molecular formula is C9H13NO4. The van der Waals surface area contributed by atoms with E-state index in [1.54, 1.807) is 6.92 Å². The van der Waals surface area contributed by atoms with E-state index < -0.39 is 11.6 Å². The highest BCUT2D eigenvalue weighted by Crippen LogP contribution is 2.30. The quantitative estimate of drug-likeness (QED) is 0.798. The molecule has 0 amide bonds. The molecule has 14 heavy (non-hydrogen) atoms. The Balaban J connectivity index is 3.17. The van der Waals surface area contributed by atoms with E-state index in [0.717, 1.165) is 6.39 Å². The largest absolute Gasteiger partial charge is 0.476 e. The van der Waals surface area contributed by atoms with Gasteiger partial charge in [0, 0.05) is 7.11 Å². The highest BCUT2D eigenvalue weighted by Gasteiger charge is 2.33. The van der Waals surface area contributed by atoms with Gasteiger partial charge in [-0.25, -0.2) is 9.78 Å². The summed E-state index contributed by atoms with van der Waals surface area (Å²) in [5.41, 5.74) is -0.819. The van der Waals surface area contributed by atoms with Crippen molar-refractivity contribution in [3.63, 3.8) is 0 Å². The summed E-state index contributed by atoms with van der Waals surface area (Å²) >= 11 is 0. The fourth-order valence-electron chi connectivity index (χ4n) is 1.17. The number of hydrogen-bond acceptors (Lipinski definition) is 4. The summed E-state index contributed by atoms with van der Waals surface area (Å²) in [6.45, 7) is 3.65. The van der Waals surface area contributed by atoms with Crippen LogP contribution in [-0.4, -0.2) is 23.2 Å². The Labute approximate surface area is 81.7 Å². The van der Waals surface area contributed by atoms with Crippen molar-refractivity contribution in [1.82, 2.24) is 4.98 Å². The third kappa shape index (κ3) is 1.63. The molecule has 0 radical (unpaired) electrons. The van der Waals surface area contributed by atoms with Gasteiger partial charge < -0.3 is 14.3 Å². The average Bonchev–Trinajstić information content (AvgIpc) is 2.65. The molecule has 5 heteroatoms. The third-order valence-corrected chi connectivity index (χ3v) is 2.38. The van der Waals surface area contributed by atoms with Gasteiger partial charge in [0.25, 0.3) is 0 Å². The lowest BCUT2D eigenvalue weighted by atomic mass is 9.98. The number of aromatic nitrogens is 1. The van der Waals surface area contributed by atoms with Crippen LogP contribution < -0.4 is 0 Å². The number of ether oxygens (including phenoxy) is 1. The van der Waals surface area contributed by atoms with E-state index >= 15 is 0 Å². The maximum Gasteiger partial charge on any atom is 0.358 e. The maximum absolute atomic E-state index is 10.8. The summed E-state index contributed by atoms with van der Waals surface area (Å²) in [5.74, 6) is -0.847. The molecule has 5 nitrogen and oxygen atoms in total. The van der Waals surface area contributed by atoms with Gasteiger partial charge in [-0.05, 0) is 13.3 Å². The first-order chi connectivity index (χ1) is 6.55. The normalized spacial score (nSPS) is 15.1. The van der Waals surface area contributed by atoms with E-state index in [1.807, 2.05) is 6.92 Å². The smallest absolute Gasteiger partial charge is 0.358 e. The maximum atomic E-state index is 10.8. The zero-order valence-corrected chi connectivity index (χ0v) is 8.40. The average molecular weight is 199 g/mol. The number of methoxy groups -OCH3 is 1. The van der Waals surface area contributed by atoms with Crippen LogP contribution in [-0.2, 0) is 10.3 Å². The number of rotatable bonds is 4. The van der Waals surface area contributed by atoms with Crippen LogP contribution in [0, 0.1) is 0 Å². The Bertz CT molecular complexity index is 327. The van der Waals surface area contributed by atoms with Gasteiger partial charge in [-0.15, -0.1) is 0 Å². The van der Waals surface area contributed by atoms with Gasteiger partial charge in [-0.1, -0.05) is 6.92 Å². The molecule has 0 fully saturated rings. The van der Waals surface area contributed by atoms with E-state index in [1.165, 1.54) is 7.11 Å². The standard InChI is InChI=1S/C9H13NO4/c1-4-9(2,13-3)7-6(8(11)12)10-5-14-7/h5H,4H2,1-3H3,(H,11,12). The van der Waals surface area contributed by atoms with Crippen LogP contribution in [0.3, 0.4) is 0 Å². The molecular weight excluding hydrogens is 186 g/mol. The molecule has 0 bridgehead atoms. The van der Waals surface area contributed by atoms with Gasteiger partial charge in [-0.2, -0.15) is 0 Å². The molecule has 1 aromatic rings.